The van der Waals surface area contributed by atoms with Gasteiger partial charge in [-0.1, -0.05) is 23.8 Å². The van der Waals surface area contributed by atoms with E-state index < -0.39 is 10.0 Å². The zero-order valence-corrected chi connectivity index (χ0v) is 21.6. The van der Waals surface area contributed by atoms with Crippen LogP contribution in [-0.4, -0.2) is 48.9 Å². The maximum absolute atomic E-state index is 13.5. The molecule has 4 aromatic rings. The number of carbonyl (C=O) groups excluding carboxylic acids is 1. The maximum atomic E-state index is 13.5. The van der Waals surface area contributed by atoms with Gasteiger partial charge in [-0.15, -0.1) is 0 Å². The molecule has 2 heterocycles. The molecule has 0 fully saturated rings. The van der Waals surface area contributed by atoms with Crippen molar-refractivity contribution >= 4 is 42.9 Å². The molecule has 4 rings (SSSR count). The average molecular weight is 542 g/mol. The standard InChI is InChI=1S/C25H24BrN3O4S/c1-5-33-23-12-17(8-11-20(23)25(30)28(3)4)22-15-29(24-21(22)13-18(26)14-27-24)34(31,32)19-9-6-16(2)7-10-19/h6-15H,5H2,1-4H3. The summed E-state index contributed by atoms with van der Waals surface area (Å²) in [5, 5.41) is 0.652. The number of aromatic nitrogens is 2. The molecule has 0 aliphatic carbocycles. The minimum absolute atomic E-state index is 0.174. The topological polar surface area (TPSA) is 81.5 Å². The second-order valence-corrected chi connectivity index (χ2v) is 10.8. The van der Waals surface area contributed by atoms with Crippen LogP contribution in [0.25, 0.3) is 22.2 Å². The first-order valence-electron chi connectivity index (χ1n) is 10.6. The van der Waals surface area contributed by atoms with Crippen LogP contribution in [0.15, 0.2) is 70.3 Å². The average Bonchev–Trinajstić information content (AvgIpc) is 3.18. The molecular formula is C25H24BrN3O4S. The van der Waals surface area contributed by atoms with Gasteiger partial charge in [0.15, 0.2) is 5.65 Å². The van der Waals surface area contributed by atoms with Crippen LogP contribution in [0.5, 0.6) is 5.75 Å². The number of carbonyl (C=O) groups is 1. The summed E-state index contributed by atoms with van der Waals surface area (Å²) >= 11 is 3.44. The predicted octanol–water partition coefficient (Wildman–Crippen LogP) is 5.11. The van der Waals surface area contributed by atoms with Crippen LogP contribution >= 0.6 is 15.9 Å². The molecule has 0 N–H and O–H groups in total. The third-order valence-corrected chi connectivity index (χ3v) is 7.48. The van der Waals surface area contributed by atoms with Crippen molar-refractivity contribution in [2.45, 2.75) is 18.7 Å². The fraction of sp³-hybridized carbons (Fsp3) is 0.200. The summed E-state index contributed by atoms with van der Waals surface area (Å²) in [5.41, 5.74) is 3.08. The van der Waals surface area contributed by atoms with E-state index in [2.05, 4.69) is 20.9 Å². The highest BCUT2D eigenvalue weighted by Crippen LogP contribution is 2.36. The summed E-state index contributed by atoms with van der Waals surface area (Å²) in [6, 6.07) is 13.8. The van der Waals surface area contributed by atoms with Gasteiger partial charge >= 0.3 is 0 Å². The van der Waals surface area contributed by atoms with E-state index in [1.54, 1.807) is 69.0 Å². The Morgan fingerprint density at radius 2 is 1.82 bits per heavy atom. The number of amides is 1. The van der Waals surface area contributed by atoms with Crippen molar-refractivity contribution in [1.29, 1.82) is 0 Å². The third kappa shape index (κ3) is 4.33. The molecule has 0 saturated carbocycles. The molecule has 0 atom stereocenters. The van der Waals surface area contributed by atoms with Crippen LogP contribution in [0.3, 0.4) is 0 Å². The smallest absolute Gasteiger partial charge is 0.269 e. The van der Waals surface area contributed by atoms with Gasteiger partial charge in [-0.25, -0.2) is 17.4 Å². The number of aryl methyl sites for hydroxylation is 1. The van der Waals surface area contributed by atoms with Crippen molar-refractivity contribution < 1.29 is 17.9 Å². The lowest BCUT2D eigenvalue weighted by Crippen LogP contribution is -2.22. The number of hydrogen-bond acceptors (Lipinski definition) is 5. The van der Waals surface area contributed by atoms with Gasteiger partial charge in [0.05, 0.1) is 17.1 Å². The van der Waals surface area contributed by atoms with E-state index in [1.165, 1.54) is 8.87 Å². The number of ether oxygens (including phenoxy) is 1. The first kappa shape index (κ1) is 24.0. The summed E-state index contributed by atoms with van der Waals surface area (Å²) in [4.78, 5) is 18.7. The van der Waals surface area contributed by atoms with Crippen LogP contribution in [0.2, 0.25) is 0 Å². The molecule has 0 saturated heterocycles. The Labute approximate surface area is 207 Å². The first-order valence-corrected chi connectivity index (χ1v) is 12.8. The van der Waals surface area contributed by atoms with Crippen molar-refractivity contribution in [2.75, 3.05) is 20.7 Å². The Kier molecular flexibility index (Phi) is 6.51. The fourth-order valence-corrected chi connectivity index (χ4v) is 5.33. The minimum Gasteiger partial charge on any atom is -0.493 e. The van der Waals surface area contributed by atoms with E-state index in [1.807, 2.05) is 19.9 Å². The van der Waals surface area contributed by atoms with E-state index in [4.69, 9.17) is 4.74 Å². The van der Waals surface area contributed by atoms with E-state index in [9.17, 15) is 13.2 Å². The molecule has 176 valence electrons. The number of halogens is 1. The molecule has 0 aliphatic rings. The number of hydrogen-bond donors (Lipinski definition) is 0. The number of pyridine rings is 1. The third-order valence-electron chi connectivity index (χ3n) is 5.39. The number of rotatable bonds is 6. The van der Waals surface area contributed by atoms with E-state index in [0.29, 0.717) is 40.1 Å². The highest BCUT2D eigenvalue weighted by Gasteiger charge is 2.24. The van der Waals surface area contributed by atoms with Crippen LogP contribution < -0.4 is 4.74 Å². The zero-order valence-electron chi connectivity index (χ0n) is 19.2. The minimum atomic E-state index is -3.89. The second kappa shape index (κ2) is 9.23. The van der Waals surface area contributed by atoms with Gasteiger partial charge in [-0.3, -0.25) is 4.79 Å². The largest absolute Gasteiger partial charge is 0.493 e. The normalized spacial score (nSPS) is 11.6. The Morgan fingerprint density at radius 3 is 2.47 bits per heavy atom. The molecule has 9 heteroatoms. The maximum Gasteiger partial charge on any atom is 0.269 e. The highest BCUT2D eigenvalue weighted by atomic mass is 79.9. The van der Waals surface area contributed by atoms with Gasteiger partial charge in [-0.2, -0.15) is 0 Å². The monoisotopic (exact) mass is 541 g/mol. The van der Waals surface area contributed by atoms with Crippen LogP contribution in [0, 0.1) is 6.92 Å². The molecule has 0 unspecified atom stereocenters. The Morgan fingerprint density at radius 1 is 1.12 bits per heavy atom. The summed E-state index contributed by atoms with van der Waals surface area (Å²) in [6.45, 7) is 4.13. The van der Waals surface area contributed by atoms with Crippen molar-refractivity contribution in [3.8, 4) is 16.9 Å². The lowest BCUT2D eigenvalue weighted by molar-refractivity contribution is 0.0823. The molecule has 0 bridgehead atoms. The fourth-order valence-electron chi connectivity index (χ4n) is 3.67. The van der Waals surface area contributed by atoms with Crippen molar-refractivity contribution in [3.63, 3.8) is 0 Å². The molecule has 1 amide bonds. The zero-order chi connectivity index (χ0) is 24.6. The summed E-state index contributed by atoms with van der Waals surface area (Å²) in [7, 11) is -0.530. The molecule has 0 radical (unpaired) electrons. The molecule has 34 heavy (non-hydrogen) atoms. The molecule has 2 aromatic heterocycles. The van der Waals surface area contributed by atoms with E-state index >= 15 is 0 Å². The summed E-state index contributed by atoms with van der Waals surface area (Å²) in [6.07, 6.45) is 3.13. The van der Waals surface area contributed by atoms with Crippen LogP contribution in [0.4, 0.5) is 0 Å². The second-order valence-electron chi connectivity index (χ2n) is 8.02. The van der Waals surface area contributed by atoms with Gasteiger partial charge in [0, 0.05) is 41.9 Å². The SMILES string of the molecule is CCOc1cc(-c2cn(S(=O)(=O)c3ccc(C)cc3)c3ncc(Br)cc23)ccc1C(=O)N(C)C. The Bertz CT molecular complexity index is 1490. The molecular weight excluding hydrogens is 518 g/mol. The van der Waals surface area contributed by atoms with Gasteiger partial charge < -0.3 is 9.64 Å². The van der Waals surface area contributed by atoms with Gasteiger partial charge in [-0.05, 0) is 65.7 Å². The van der Waals surface area contributed by atoms with Gasteiger partial charge in [0.25, 0.3) is 15.9 Å². The molecule has 2 aromatic carbocycles. The highest BCUT2D eigenvalue weighted by molar-refractivity contribution is 9.10. The van der Waals surface area contributed by atoms with E-state index in [0.717, 1.165) is 10.0 Å². The Hall–Kier alpha value is -3.17. The van der Waals surface area contributed by atoms with Crippen molar-refractivity contribution in [1.82, 2.24) is 13.9 Å². The quantitative estimate of drug-likeness (QED) is 0.338. The van der Waals surface area contributed by atoms with Crippen molar-refractivity contribution in [2.24, 2.45) is 0 Å². The number of nitrogens with zero attached hydrogens (tertiary/aromatic N) is 3. The lowest BCUT2D eigenvalue weighted by Gasteiger charge is -2.15. The number of fused-ring (bicyclic) bond motifs is 1. The predicted molar refractivity (Wildman–Crippen MR) is 136 cm³/mol. The Balaban J connectivity index is 1.94. The summed E-state index contributed by atoms with van der Waals surface area (Å²) < 4.78 is 34.7. The lowest BCUT2D eigenvalue weighted by atomic mass is 10.0. The van der Waals surface area contributed by atoms with Crippen molar-refractivity contribution in [3.05, 3.63) is 76.5 Å². The molecule has 0 aliphatic heterocycles. The summed E-state index contributed by atoms with van der Waals surface area (Å²) in [5.74, 6) is 0.257. The van der Waals surface area contributed by atoms with E-state index in [-0.39, 0.29) is 10.8 Å². The molecule has 7 nitrogen and oxygen atoms in total. The van der Waals surface area contributed by atoms with Gasteiger partial charge in [0.2, 0.25) is 0 Å². The number of benzene rings is 2. The molecule has 0 spiro atoms. The first-order chi connectivity index (χ1) is 16.1. The van der Waals surface area contributed by atoms with Crippen LogP contribution in [0.1, 0.15) is 22.8 Å². The van der Waals surface area contributed by atoms with Crippen LogP contribution in [-0.2, 0) is 10.0 Å². The van der Waals surface area contributed by atoms with Gasteiger partial charge in [0.1, 0.15) is 5.75 Å².